The third-order valence-corrected chi connectivity index (χ3v) is 2.28. The molecule has 0 amide bonds. The highest BCUT2D eigenvalue weighted by molar-refractivity contribution is 6.34. The molecule has 2 rings (SSSR count). The van der Waals surface area contributed by atoms with Crippen LogP contribution in [-0.4, -0.2) is 16.4 Å². The average Bonchev–Trinajstić information content (AvgIpc) is 2.43. The van der Waals surface area contributed by atoms with E-state index in [1.54, 1.807) is 19.2 Å². The zero-order valence-corrected chi connectivity index (χ0v) is 8.50. The van der Waals surface area contributed by atoms with E-state index in [0.29, 0.717) is 10.9 Å². The molecule has 0 saturated heterocycles. The number of ether oxygens (including phenoxy) is 1. The molecule has 3 nitrogen and oxygen atoms in total. The molecule has 0 aliphatic carbocycles. The summed E-state index contributed by atoms with van der Waals surface area (Å²) in [4.78, 5) is 0. The predicted octanol–water partition coefficient (Wildman–Crippen LogP) is 2.83. The van der Waals surface area contributed by atoms with Gasteiger partial charge in [-0.15, -0.1) is 0 Å². The molecular weight excluding hydrogens is 226 g/mol. The summed E-state index contributed by atoms with van der Waals surface area (Å²) in [5.74, 6) is 0.0735. The van der Waals surface area contributed by atoms with E-state index < -0.39 is 6.61 Å². The highest BCUT2D eigenvalue weighted by Crippen LogP contribution is 2.30. The van der Waals surface area contributed by atoms with Gasteiger partial charge in [-0.05, 0) is 12.1 Å². The van der Waals surface area contributed by atoms with Gasteiger partial charge in [0.1, 0.15) is 5.52 Å². The molecule has 0 N–H and O–H groups in total. The summed E-state index contributed by atoms with van der Waals surface area (Å²) in [5.41, 5.74) is 0.461. The van der Waals surface area contributed by atoms with Crippen molar-refractivity contribution in [3.05, 3.63) is 23.4 Å². The van der Waals surface area contributed by atoms with Crippen molar-refractivity contribution in [2.24, 2.45) is 7.05 Å². The third kappa shape index (κ3) is 1.74. The normalized spacial score (nSPS) is 11.3. The number of aromatic nitrogens is 2. The summed E-state index contributed by atoms with van der Waals surface area (Å²) in [6.07, 6.45) is 0. The summed E-state index contributed by atoms with van der Waals surface area (Å²) in [6.45, 7) is -2.86. The Morgan fingerprint density at radius 2 is 2.20 bits per heavy atom. The maximum atomic E-state index is 12.1. The number of fused-ring (bicyclic) bond motifs is 1. The van der Waals surface area contributed by atoms with Crippen molar-refractivity contribution in [1.82, 2.24) is 9.78 Å². The zero-order chi connectivity index (χ0) is 11.0. The molecule has 0 fully saturated rings. The van der Waals surface area contributed by atoms with Crippen molar-refractivity contribution >= 4 is 22.5 Å². The van der Waals surface area contributed by atoms with Gasteiger partial charge in [-0.25, -0.2) is 0 Å². The molecule has 0 bridgehead atoms. The molecule has 15 heavy (non-hydrogen) atoms. The lowest BCUT2D eigenvalue weighted by molar-refractivity contribution is -0.0490. The van der Waals surface area contributed by atoms with Crippen molar-refractivity contribution < 1.29 is 13.5 Å². The standard InChI is InChI=1S/C9H7ClF2N2O/c1-14-7-5(8(10)13-14)3-2-4-6(7)15-9(11)12/h2-4,9H,1H3. The van der Waals surface area contributed by atoms with Crippen LogP contribution in [0.4, 0.5) is 8.78 Å². The molecule has 0 aliphatic rings. The van der Waals surface area contributed by atoms with Gasteiger partial charge < -0.3 is 4.74 Å². The Bertz CT molecular complexity index is 498. The fourth-order valence-electron chi connectivity index (χ4n) is 1.45. The zero-order valence-electron chi connectivity index (χ0n) is 7.75. The van der Waals surface area contributed by atoms with Gasteiger partial charge in [0.15, 0.2) is 10.9 Å². The minimum absolute atomic E-state index is 0.0735. The molecule has 80 valence electrons. The van der Waals surface area contributed by atoms with Crippen LogP contribution in [0, 0.1) is 0 Å². The monoisotopic (exact) mass is 232 g/mol. The first-order valence-electron chi connectivity index (χ1n) is 4.15. The first kappa shape index (κ1) is 10.2. The Morgan fingerprint density at radius 3 is 2.87 bits per heavy atom. The van der Waals surface area contributed by atoms with Crippen LogP contribution in [0.5, 0.6) is 5.75 Å². The number of halogens is 3. The second-order valence-electron chi connectivity index (χ2n) is 2.95. The van der Waals surface area contributed by atoms with Gasteiger partial charge in [0.2, 0.25) is 0 Å². The van der Waals surface area contributed by atoms with Crippen molar-refractivity contribution in [3.8, 4) is 5.75 Å². The number of aryl methyl sites for hydroxylation is 1. The fourth-order valence-corrected chi connectivity index (χ4v) is 1.72. The number of nitrogens with zero attached hydrogens (tertiary/aromatic N) is 2. The van der Waals surface area contributed by atoms with Gasteiger partial charge in [0.05, 0.1) is 0 Å². The highest BCUT2D eigenvalue weighted by Gasteiger charge is 2.14. The molecule has 0 atom stereocenters. The molecule has 6 heteroatoms. The Morgan fingerprint density at radius 1 is 1.47 bits per heavy atom. The summed E-state index contributed by atoms with van der Waals surface area (Å²) in [5, 5.41) is 4.78. The van der Waals surface area contributed by atoms with Crippen molar-refractivity contribution in [3.63, 3.8) is 0 Å². The number of rotatable bonds is 2. The molecule has 0 unspecified atom stereocenters. The van der Waals surface area contributed by atoms with E-state index >= 15 is 0 Å². The van der Waals surface area contributed by atoms with Gasteiger partial charge >= 0.3 is 6.61 Å². The van der Waals surface area contributed by atoms with Crippen LogP contribution >= 0.6 is 11.6 Å². The van der Waals surface area contributed by atoms with Crippen molar-refractivity contribution in [2.45, 2.75) is 6.61 Å². The van der Waals surface area contributed by atoms with Crippen molar-refractivity contribution in [1.29, 1.82) is 0 Å². The third-order valence-electron chi connectivity index (χ3n) is 2.00. The molecular formula is C9H7ClF2N2O. The molecule has 1 heterocycles. The first-order valence-corrected chi connectivity index (χ1v) is 4.53. The Kier molecular flexibility index (Phi) is 2.48. The second kappa shape index (κ2) is 3.66. The largest absolute Gasteiger partial charge is 0.433 e. The van der Waals surface area contributed by atoms with Crippen LogP contribution in [0.25, 0.3) is 10.9 Å². The van der Waals surface area contributed by atoms with Crippen molar-refractivity contribution in [2.75, 3.05) is 0 Å². The van der Waals surface area contributed by atoms with Gasteiger partial charge in [-0.1, -0.05) is 17.7 Å². The summed E-state index contributed by atoms with van der Waals surface area (Å²) in [6, 6.07) is 4.74. The van der Waals surface area contributed by atoms with Crippen LogP contribution in [0.15, 0.2) is 18.2 Å². The molecule has 1 aromatic carbocycles. The van der Waals surface area contributed by atoms with Gasteiger partial charge in [-0.3, -0.25) is 4.68 Å². The smallest absolute Gasteiger partial charge is 0.387 e. The molecule has 0 radical (unpaired) electrons. The topological polar surface area (TPSA) is 27.1 Å². The second-order valence-corrected chi connectivity index (χ2v) is 3.30. The quantitative estimate of drug-likeness (QED) is 0.796. The maximum absolute atomic E-state index is 12.1. The minimum Gasteiger partial charge on any atom is -0.433 e. The number of benzene rings is 1. The Hall–Kier alpha value is -1.36. The van der Waals surface area contributed by atoms with E-state index in [0.717, 1.165) is 0 Å². The molecule has 0 aliphatic heterocycles. The molecule has 2 aromatic rings. The minimum atomic E-state index is -2.86. The number of alkyl halides is 2. The predicted molar refractivity (Wildman–Crippen MR) is 52.4 cm³/mol. The van der Waals surface area contributed by atoms with Crippen LogP contribution in [0.3, 0.4) is 0 Å². The van der Waals surface area contributed by atoms with Gasteiger partial charge in [-0.2, -0.15) is 13.9 Å². The van der Waals surface area contributed by atoms with Gasteiger partial charge in [0.25, 0.3) is 0 Å². The van der Waals surface area contributed by atoms with E-state index in [1.807, 2.05) is 0 Å². The van der Waals surface area contributed by atoms with Crippen LogP contribution in [0.2, 0.25) is 5.15 Å². The highest BCUT2D eigenvalue weighted by atomic mass is 35.5. The maximum Gasteiger partial charge on any atom is 0.387 e. The lowest BCUT2D eigenvalue weighted by Crippen LogP contribution is -2.03. The molecule has 1 aromatic heterocycles. The number of para-hydroxylation sites is 1. The SMILES string of the molecule is Cn1nc(Cl)c2cccc(OC(F)F)c21. The fraction of sp³-hybridized carbons (Fsp3) is 0.222. The Labute approximate surface area is 89.2 Å². The average molecular weight is 233 g/mol. The van der Waals surface area contributed by atoms with E-state index in [9.17, 15) is 8.78 Å². The van der Waals surface area contributed by atoms with Crippen LogP contribution in [0.1, 0.15) is 0 Å². The van der Waals surface area contributed by atoms with E-state index in [-0.39, 0.29) is 10.9 Å². The van der Waals surface area contributed by atoms with Crippen LogP contribution < -0.4 is 4.74 Å². The van der Waals surface area contributed by atoms with Crippen LogP contribution in [-0.2, 0) is 7.05 Å². The molecule has 0 spiro atoms. The van der Waals surface area contributed by atoms with E-state index in [4.69, 9.17) is 11.6 Å². The lowest BCUT2D eigenvalue weighted by atomic mass is 10.2. The molecule has 0 saturated carbocycles. The summed E-state index contributed by atoms with van der Waals surface area (Å²) >= 11 is 5.81. The number of hydrogen-bond donors (Lipinski definition) is 0. The van der Waals surface area contributed by atoms with E-state index in [1.165, 1.54) is 10.7 Å². The summed E-state index contributed by atoms with van der Waals surface area (Å²) < 4.78 is 30.0. The Balaban J connectivity index is 2.64. The number of hydrogen-bond acceptors (Lipinski definition) is 2. The first-order chi connectivity index (χ1) is 7.09. The van der Waals surface area contributed by atoms with E-state index in [2.05, 4.69) is 9.84 Å². The lowest BCUT2D eigenvalue weighted by Gasteiger charge is -2.06. The summed E-state index contributed by atoms with van der Waals surface area (Å²) in [7, 11) is 1.62. The van der Waals surface area contributed by atoms with Gasteiger partial charge in [0, 0.05) is 12.4 Å².